The lowest BCUT2D eigenvalue weighted by Crippen LogP contribution is -2.22. The van der Waals surface area contributed by atoms with Gasteiger partial charge in [0.05, 0.1) is 17.0 Å². The Kier molecular flexibility index (Phi) is 4.78. The van der Waals surface area contributed by atoms with Crippen LogP contribution in [-0.2, 0) is 6.42 Å². The summed E-state index contributed by atoms with van der Waals surface area (Å²) < 4.78 is 33.0. The topological polar surface area (TPSA) is 84.7 Å². The molecule has 1 N–H and O–H groups in total. The summed E-state index contributed by atoms with van der Waals surface area (Å²) in [5.41, 5.74) is 1.76. The first-order valence-electron chi connectivity index (χ1n) is 9.30. The van der Waals surface area contributed by atoms with Crippen molar-refractivity contribution in [2.45, 2.75) is 44.9 Å². The number of benzene rings is 1. The van der Waals surface area contributed by atoms with E-state index in [-0.39, 0.29) is 23.1 Å². The molecular weight excluding hydrogens is 366 g/mol. The highest BCUT2D eigenvalue weighted by Gasteiger charge is 2.32. The van der Waals surface area contributed by atoms with Crippen molar-refractivity contribution in [2.75, 3.05) is 0 Å². The van der Waals surface area contributed by atoms with Gasteiger partial charge in [-0.05, 0) is 48.4 Å². The number of fused-ring (bicyclic) bond motifs is 1. The lowest BCUT2D eigenvalue weighted by atomic mass is 9.73. The van der Waals surface area contributed by atoms with Crippen LogP contribution >= 0.6 is 0 Å². The summed E-state index contributed by atoms with van der Waals surface area (Å²) in [6.07, 6.45) is 2.22. The number of H-pyrrole nitrogens is 1. The normalized spacial score (nSPS) is 19.0. The minimum absolute atomic E-state index is 0.00207. The summed E-state index contributed by atoms with van der Waals surface area (Å²) in [5.74, 6) is -0.915. The second kappa shape index (κ2) is 7.26. The van der Waals surface area contributed by atoms with E-state index in [1.54, 1.807) is 6.07 Å². The Labute approximate surface area is 160 Å². The van der Waals surface area contributed by atoms with Gasteiger partial charge in [-0.3, -0.25) is 9.51 Å². The fourth-order valence-corrected chi connectivity index (χ4v) is 4.04. The predicted octanol–water partition coefficient (Wildman–Crippen LogP) is 3.96. The standard InChI is InChI=1S/C20H20F2N4O2/c1-10(2)12-7-6-11(8-17-23-20(27)28-26-17)19-13(12)9-16(24-25-19)18-14(21)4-3-5-15(18)22/h3-5,9-12H,6-8H2,1-2H3,(H,23,26,27). The number of aromatic amines is 1. The molecule has 0 saturated carbocycles. The van der Waals surface area contributed by atoms with Gasteiger partial charge in [0.25, 0.3) is 0 Å². The van der Waals surface area contributed by atoms with E-state index in [2.05, 4.69) is 38.7 Å². The number of nitrogens with one attached hydrogen (secondary N) is 1. The average Bonchev–Trinajstić information content (AvgIpc) is 3.06. The zero-order valence-electron chi connectivity index (χ0n) is 15.6. The first-order valence-corrected chi connectivity index (χ1v) is 9.30. The second-order valence-corrected chi connectivity index (χ2v) is 7.54. The summed E-state index contributed by atoms with van der Waals surface area (Å²) in [6, 6.07) is 5.50. The van der Waals surface area contributed by atoms with E-state index in [1.165, 1.54) is 18.2 Å². The predicted molar refractivity (Wildman–Crippen MR) is 97.8 cm³/mol. The van der Waals surface area contributed by atoms with Crippen molar-refractivity contribution in [3.8, 4) is 11.3 Å². The molecule has 2 aromatic heterocycles. The Morgan fingerprint density at radius 1 is 1.21 bits per heavy atom. The van der Waals surface area contributed by atoms with E-state index < -0.39 is 17.4 Å². The van der Waals surface area contributed by atoms with Crippen LogP contribution in [0, 0.1) is 17.6 Å². The molecule has 0 bridgehead atoms. The summed E-state index contributed by atoms with van der Waals surface area (Å²) >= 11 is 0. The third-order valence-corrected chi connectivity index (χ3v) is 5.41. The van der Waals surface area contributed by atoms with Crippen molar-refractivity contribution in [1.82, 2.24) is 20.3 Å². The molecule has 2 unspecified atom stereocenters. The fourth-order valence-electron chi connectivity index (χ4n) is 4.04. The molecule has 146 valence electrons. The van der Waals surface area contributed by atoms with Gasteiger partial charge in [-0.15, -0.1) is 0 Å². The first-order chi connectivity index (χ1) is 13.4. The van der Waals surface area contributed by atoms with Gasteiger partial charge in [0.15, 0.2) is 5.82 Å². The minimum atomic E-state index is -0.664. The Balaban J connectivity index is 1.78. The number of hydrogen-bond donors (Lipinski definition) is 1. The fraction of sp³-hybridized carbons (Fsp3) is 0.400. The highest BCUT2D eigenvalue weighted by Crippen LogP contribution is 2.43. The maximum Gasteiger partial charge on any atom is 0.438 e. The molecule has 1 aromatic carbocycles. The first kappa shape index (κ1) is 18.5. The third kappa shape index (κ3) is 3.34. The summed E-state index contributed by atoms with van der Waals surface area (Å²) in [7, 11) is 0. The molecular formula is C20H20F2N4O2. The summed E-state index contributed by atoms with van der Waals surface area (Å²) in [4.78, 5) is 13.8. The monoisotopic (exact) mass is 386 g/mol. The molecule has 2 atom stereocenters. The highest BCUT2D eigenvalue weighted by atomic mass is 19.1. The average molecular weight is 386 g/mol. The van der Waals surface area contributed by atoms with Gasteiger partial charge in [-0.2, -0.15) is 10.2 Å². The Hall–Kier alpha value is -2.90. The molecule has 0 fully saturated rings. The quantitative estimate of drug-likeness (QED) is 0.734. The second-order valence-electron chi connectivity index (χ2n) is 7.54. The SMILES string of the molecule is CC(C)C1CCC(Cc2noc(=O)[nH]2)c2nnc(-c3c(F)cccc3F)cc21. The van der Waals surface area contributed by atoms with Crippen molar-refractivity contribution < 1.29 is 13.3 Å². The Morgan fingerprint density at radius 2 is 1.96 bits per heavy atom. The number of hydrogen-bond acceptors (Lipinski definition) is 5. The summed E-state index contributed by atoms with van der Waals surface area (Å²) in [5, 5.41) is 12.2. The van der Waals surface area contributed by atoms with Crippen LogP contribution in [0.25, 0.3) is 11.3 Å². The van der Waals surface area contributed by atoms with Gasteiger partial charge < -0.3 is 0 Å². The molecule has 28 heavy (non-hydrogen) atoms. The highest BCUT2D eigenvalue weighted by molar-refractivity contribution is 5.61. The van der Waals surface area contributed by atoms with Gasteiger partial charge in [-0.25, -0.2) is 13.6 Å². The van der Waals surface area contributed by atoms with E-state index in [0.29, 0.717) is 18.2 Å². The molecule has 0 aliphatic heterocycles. The molecule has 0 radical (unpaired) electrons. The number of rotatable bonds is 4. The van der Waals surface area contributed by atoms with E-state index in [9.17, 15) is 13.6 Å². The van der Waals surface area contributed by atoms with Crippen LogP contribution in [0.5, 0.6) is 0 Å². The van der Waals surface area contributed by atoms with Gasteiger partial charge in [-0.1, -0.05) is 25.1 Å². The Bertz CT molecular complexity index is 1040. The van der Waals surface area contributed by atoms with Crippen LogP contribution in [0.4, 0.5) is 8.78 Å². The van der Waals surface area contributed by atoms with Crippen LogP contribution in [-0.4, -0.2) is 20.3 Å². The lowest BCUT2D eigenvalue weighted by molar-refractivity contribution is 0.368. The maximum absolute atomic E-state index is 14.2. The third-order valence-electron chi connectivity index (χ3n) is 5.41. The van der Waals surface area contributed by atoms with E-state index in [4.69, 9.17) is 0 Å². The molecule has 0 saturated heterocycles. The maximum atomic E-state index is 14.2. The number of aromatic nitrogens is 4. The van der Waals surface area contributed by atoms with Crippen molar-refractivity contribution >= 4 is 0 Å². The van der Waals surface area contributed by atoms with Crippen molar-refractivity contribution in [3.63, 3.8) is 0 Å². The van der Waals surface area contributed by atoms with E-state index in [0.717, 1.165) is 24.1 Å². The van der Waals surface area contributed by atoms with Gasteiger partial charge >= 0.3 is 5.76 Å². The smallest absolute Gasteiger partial charge is 0.296 e. The molecule has 2 heterocycles. The number of nitrogens with zero attached hydrogens (tertiary/aromatic N) is 3. The Morgan fingerprint density at radius 3 is 2.61 bits per heavy atom. The molecule has 4 rings (SSSR count). The van der Waals surface area contributed by atoms with Crippen LogP contribution in [0.1, 0.15) is 55.6 Å². The van der Waals surface area contributed by atoms with Crippen molar-refractivity contribution in [1.29, 1.82) is 0 Å². The zero-order valence-corrected chi connectivity index (χ0v) is 15.6. The van der Waals surface area contributed by atoms with Crippen LogP contribution < -0.4 is 5.76 Å². The van der Waals surface area contributed by atoms with Crippen LogP contribution in [0.15, 0.2) is 33.6 Å². The number of halogens is 2. The van der Waals surface area contributed by atoms with Crippen LogP contribution in [0.3, 0.4) is 0 Å². The zero-order chi connectivity index (χ0) is 19.8. The molecule has 3 aromatic rings. The summed E-state index contributed by atoms with van der Waals surface area (Å²) in [6.45, 7) is 4.24. The van der Waals surface area contributed by atoms with E-state index >= 15 is 0 Å². The molecule has 8 heteroatoms. The lowest BCUT2D eigenvalue weighted by Gasteiger charge is -2.32. The van der Waals surface area contributed by atoms with Gasteiger partial charge in [0, 0.05) is 12.3 Å². The molecule has 6 nitrogen and oxygen atoms in total. The molecule has 0 spiro atoms. The van der Waals surface area contributed by atoms with Crippen molar-refractivity contribution in [3.05, 3.63) is 63.5 Å². The molecule has 1 aliphatic carbocycles. The van der Waals surface area contributed by atoms with Gasteiger partial charge in [0.2, 0.25) is 0 Å². The van der Waals surface area contributed by atoms with Crippen molar-refractivity contribution in [2.24, 2.45) is 5.92 Å². The van der Waals surface area contributed by atoms with Crippen LogP contribution in [0.2, 0.25) is 0 Å². The van der Waals surface area contributed by atoms with E-state index in [1.807, 2.05) is 0 Å². The van der Waals surface area contributed by atoms with Gasteiger partial charge in [0.1, 0.15) is 11.6 Å². The largest absolute Gasteiger partial charge is 0.438 e. The molecule has 0 amide bonds. The molecule has 1 aliphatic rings. The minimum Gasteiger partial charge on any atom is -0.296 e.